The number of nitrogens with one attached hydrogen (secondary N) is 1. The number of carbonyl (C=O) groups excluding carboxylic acids is 1. The minimum absolute atomic E-state index is 0.0761. The predicted octanol–water partition coefficient (Wildman–Crippen LogP) is 2.99. The molecule has 2 N–H and O–H groups in total. The zero-order chi connectivity index (χ0) is 17.1. The topological polar surface area (TPSA) is 84.9 Å². The van der Waals surface area contributed by atoms with Crippen LogP contribution in [-0.2, 0) is 11.2 Å². The summed E-state index contributed by atoms with van der Waals surface area (Å²) in [5.41, 5.74) is 0.913. The van der Waals surface area contributed by atoms with Gasteiger partial charge in [-0.3, -0.25) is 4.79 Å². The summed E-state index contributed by atoms with van der Waals surface area (Å²) in [5.74, 6) is -0.412. The van der Waals surface area contributed by atoms with E-state index < -0.39 is 5.97 Å². The van der Waals surface area contributed by atoms with Gasteiger partial charge in [-0.15, -0.1) is 0 Å². The van der Waals surface area contributed by atoms with E-state index in [0.717, 1.165) is 0 Å². The van der Waals surface area contributed by atoms with Crippen molar-refractivity contribution in [3.63, 3.8) is 0 Å². The molecule has 124 valence electrons. The average molecular weight is 348 g/mol. The third kappa shape index (κ3) is 3.44. The first-order valence-electron chi connectivity index (χ1n) is 7.25. The van der Waals surface area contributed by atoms with Crippen LogP contribution in [0.4, 0.5) is 5.69 Å². The van der Waals surface area contributed by atoms with E-state index >= 15 is 0 Å². The Balaban J connectivity index is 1.77. The van der Waals surface area contributed by atoms with Crippen LogP contribution in [0.1, 0.15) is 15.9 Å². The first-order chi connectivity index (χ1) is 11.5. The van der Waals surface area contributed by atoms with Gasteiger partial charge in [0.2, 0.25) is 5.91 Å². The van der Waals surface area contributed by atoms with Crippen LogP contribution in [0.15, 0.2) is 36.4 Å². The molecule has 1 aliphatic rings. The smallest absolute Gasteiger partial charge is 0.335 e. The number of carbonyl (C=O) groups is 2. The van der Waals surface area contributed by atoms with Crippen molar-refractivity contribution in [2.75, 3.05) is 18.5 Å². The molecule has 0 radical (unpaired) electrons. The van der Waals surface area contributed by atoms with Crippen molar-refractivity contribution in [2.24, 2.45) is 0 Å². The maximum absolute atomic E-state index is 12.2. The number of hydrogen-bond donors (Lipinski definition) is 2. The molecule has 7 heteroatoms. The predicted molar refractivity (Wildman–Crippen MR) is 88.2 cm³/mol. The van der Waals surface area contributed by atoms with Gasteiger partial charge in [-0.05, 0) is 11.6 Å². The molecule has 6 nitrogen and oxygen atoms in total. The minimum Gasteiger partial charge on any atom is -0.486 e. The summed E-state index contributed by atoms with van der Waals surface area (Å²) in [4.78, 5) is 23.4. The van der Waals surface area contributed by atoms with Crippen molar-refractivity contribution >= 4 is 29.2 Å². The summed E-state index contributed by atoms with van der Waals surface area (Å²) in [6.45, 7) is 0.870. The fourth-order valence-electron chi connectivity index (χ4n) is 2.41. The number of halogens is 1. The van der Waals surface area contributed by atoms with Crippen molar-refractivity contribution in [3.8, 4) is 11.5 Å². The molecule has 0 unspecified atom stereocenters. The van der Waals surface area contributed by atoms with E-state index in [1.807, 2.05) is 0 Å². The van der Waals surface area contributed by atoms with Crippen LogP contribution in [0, 0.1) is 0 Å². The first-order valence-corrected chi connectivity index (χ1v) is 7.62. The van der Waals surface area contributed by atoms with E-state index in [1.54, 1.807) is 30.3 Å². The Hall–Kier alpha value is -2.73. The number of amides is 1. The van der Waals surface area contributed by atoms with Crippen molar-refractivity contribution in [1.82, 2.24) is 0 Å². The summed E-state index contributed by atoms with van der Waals surface area (Å²) in [7, 11) is 0. The van der Waals surface area contributed by atoms with Gasteiger partial charge in [-0.1, -0.05) is 29.8 Å². The van der Waals surface area contributed by atoms with E-state index in [1.165, 1.54) is 6.07 Å². The minimum atomic E-state index is -1.07. The molecule has 0 atom stereocenters. The Kier molecular flexibility index (Phi) is 4.57. The number of ether oxygens (including phenoxy) is 2. The van der Waals surface area contributed by atoms with Crippen molar-refractivity contribution in [2.45, 2.75) is 6.42 Å². The summed E-state index contributed by atoms with van der Waals surface area (Å²) < 4.78 is 10.9. The Morgan fingerprint density at radius 3 is 2.50 bits per heavy atom. The Labute approximate surface area is 143 Å². The fraction of sp³-hybridized carbons (Fsp3) is 0.176. The van der Waals surface area contributed by atoms with E-state index in [-0.39, 0.29) is 17.9 Å². The average Bonchev–Trinajstić information content (AvgIpc) is 2.55. The quantitative estimate of drug-likeness (QED) is 0.888. The lowest BCUT2D eigenvalue weighted by Gasteiger charge is -2.20. The highest BCUT2D eigenvalue weighted by molar-refractivity contribution is 6.34. The highest BCUT2D eigenvalue weighted by Gasteiger charge is 2.17. The number of hydrogen-bond acceptors (Lipinski definition) is 4. The van der Waals surface area contributed by atoms with E-state index in [0.29, 0.717) is 41.0 Å². The Bertz CT molecular complexity index is 806. The van der Waals surface area contributed by atoms with Gasteiger partial charge >= 0.3 is 5.97 Å². The van der Waals surface area contributed by atoms with Crippen LogP contribution < -0.4 is 14.8 Å². The van der Waals surface area contributed by atoms with Gasteiger partial charge in [0.1, 0.15) is 13.2 Å². The number of rotatable bonds is 4. The number of aromatic carboxylic acids is 1. The SMILES string of the molecule is O=C(Cc1ccccc1C(=O)O)Nc1cc2c(cc1Cl)OCCO2. The molecule has 0 spiro atoms. The summed E-state index contributed by atoms with van der Waals surface area (Å²) in [5, 5.41) is 12.2. The lowest BCUT2D eigenvalue weighted by atomic mass is 10.0. The summed E-state index contributed by atoms with van der Waals surface area (Å²) in [6, 6.07) is 9.54. The third-order valence-electron chi connectivity index (χ3n) is 3.50. The largest absolute Gasteiger partial charge is 0.486 e. The molecule has 1 amide bonds. The molecule has 24 heavy (non-hydrogen) atoms. The highest BCUT2D eigenvalue weighted by atomic mass is 35.5. The molecule has 3 rings (SSSR count). The van der Waals surface area contributed by atoms with E-state index in [9.17, 15) is 9.59 Å². The van der Waals surface area contributed by atoms with Gasteiger partial charge in [-0.2, -0.15) is 0 Å². The van der Waals surface area contributed by atoms with Crippen molar-refractivity contribution < 1.29 is 24.2 Å². The lowest BCUT2D eigenvalue weighted by Crippen LogP contribution is -2.18. The van der Waals surface area contributed by atoms with E-state index in [2.05, 4.69) is 5.32 Å². The monoisotopic (exact) mass is 347 g/mol. The molecular weight excluding hydrogens is 334 g/mol. The Morgan fingerprint density at radius 1 is 1.12 bits per heavy atom. The number of anilines is 1. The van der Waals surface area contributed by atoms with Crippen LogP contribution >= 0.6 is 11.6 Å². The highest BCUT2D eigenvalue weighted by Crippen LogP contribution is 2.38. The number of fused-ring (bicyclic) bond motifs is 1. The van der Waals surface area contributed by atoms with Crippen LogP contribution in [0.3, 0.4) is 0 Å². The van der Waals surface area contributed by atoms with Gasteiger partial charge in [0.15, 0.2) is 11.5 Å². The molecule has 0 aliphatic carbocycles. The summed E-state index contributed by atoms with van der Waals surface area (Å²) in [6.07, 6.45) is -0.0761. The van der Waals surface area contributed by atoms with Crippen LogP contribution in [0.25, 0.3) is 0 Å². The molecule has 1 aliphatic heterocycles. The fourth-order valence-corrected chi connectivity index (χ4v) is 2.61. The van der Waals surface area contributed by atoms with Crippen molar-refractivity contribution in [1.29, 1.82) is 0 Å². The normalized spacial score (nSPS) is 12.5. The van der Waals surface area contributed by atoms with Gasteiger partial charge in [0.05, 0.1) is 22.7 Å². The molecule has 0 saturated carbocycles. The molecule has 2 aromatic carbocycles. The molecule has 0 fully saturated rings. The number of carboxylic acid groups (broad SMARTS) is 1. The van der Waals surface area contributed by atoms with E-state index in [4.69, 9.17) is 26.2 Å². The lowest BCUT2D eigenvalue weighted by molar-refractivity contribution is -0.115. The Morgan fingerprint density at radius 2 is 1.79 bits per heavy atom. The number of benzene rings is 2. The standard InChI is InChI=1S/C17H14ClNO5/c18-12-8-14-15(24-6-5-23-14)9-13(12)19-16(20)7-10-3-1-2-4-11(10)17(21)22/h1-4,8-9H,5-7H2,(H,19,20)(H,21,22). The van der Waals surface area contributed by atoms with Crippen LogP contribution in [0.2, 0.25) is 5.02 Å². The molecule has 0 aromatic heterocycles. The molecule has 0 saturated heterocycles. The van der Waals surface area contributed by atoms with Crippen molar-refractivity contribution in [3.05, 3.63) is 52.5 Å². The van der Waals surface area contributed by atoms with Gasteiger partial charge in [0, 0.05) is 12.1 Å². The van der Waals surface area contributed by atoms with Crippen LogP contribution in [0.5, 0.6) is 11.5 Å². The van der Waals surface area contributed by atoms with Gasteiger partial charge in [-0.25, -0.2) is 4.79 Å². The third-order valence-corrected chi connectivity index (χ3v) is 3.82. The maximum atomic E-state index is 12.2. The second-order valence-corrected chi connectivity index (χ2v) is 5.57. The van der Waals surface area contributed by atoms with Crippen LogP contribution in [-0.4, -0.2) is 30.2 Å². The zero-order valence-corrected chi connectivity index (χ0v) is 13.3. The zero-order valence-electron chi connectivity index (χ0n) is 12.5. The second-order valence-electron chi connectivity index (χ2n) is 5.16. The molecule has 1 heterocycles. The first kappa shape index (κ1) is 16.1. The molecular formula is C17H14ClNO5. The maximum Gasteiger partial charge on any atom is 0.335 e. The number of carboxylic acids is 1. The summed E-state index contributed by atoms with van der Waals surface area (Å²) >= 11 is 6.15. The molecule has 0 bridgehead atoms. The van der Waals surface area contributed by atoms with Gasteiger partial charge < -0.3 is 19.9 Å². The second kappa shape index (κ2) is 6.80. The molecule has 2 aromatic rings. The van der Waals surface area contributed by atoms with Gasteiger partial charge in [0.25, 0.3) is 0 Å².